The molecule has 4 saturated heterocycles. The Balaban J connectivity index is 0.000000114. The number of amides is 8. The molecule has 4 saturated carbocycles. The van der Waals surface area contributed by atoms with Crippen molar-refractivity contribution in [2.24, 2.45) is 0 Å². The summed E-state index contributed by atoms with van der Waals surface area (Å²) in [5.74, 6) is 0.195. The summed E-state index contributed by atoms with van der Waals surface area (Å²) in [4.78, 5) is 71.3. The lowest BCUT2D eigenvalue weighted by molar-refractivity contribution is 0.252. The van der Waals surface area contributed by atoms with Gasteiger partial charge in [-0.15, -0.1) is 0 Å². The molecule has 4 aliphatic heterocycles. The Labute approximate surface area is 740 Å². The summed E-state index contributed by atoms with van der Waals surface area (Å²) in [6.07, 6.45) is 11.4. The lowest BCUT2D eigenvalue weighted by Crippen LogP contribution is -2.46. The van der Waals surface area contributed by atoms with Crippen LogP contribution in [0.5, 0.6) is 5.75 Å². The Morgan fingerprint density at radius 1 is 0.250 bits per heavy atom. The molecule has 12 aromatic rings. The van der Waals surface area contributed by atoms with E-state index in [9.17, 15) is 24.3 Å². The highest BCUT2D eigenvalue weighted by molar-refractivity contribution is 6.33. The Bertz CT molecular complexity index is 5110. The number of hydrogen-bond acceptors (Lipinski definition) is 5. The van der Waals surface area contributed by atoms with E-state index >= 15 is 0 Å². The SMILES string of the molecule is Cc1cccc(C23CCCC2N(c2ccc(Cl)cc2)C(=O)N3c2ccc(Cl)cc2)c1.Cc1cccc([C@@]23CCC[C@@H]2N(c2ccc(Cl)cc2)C(=O)N3c2ccc(Cl)cc2)c1.Cc1cccc([C@]23CCC[C@H]2N(c2ccc(Cl)cc2)C(=O)N3c2ccc(Cl)cc2)c1.O=C1N(c2ccc(Cl)cc2)C2CCCC2(c2cccc(O)c2)N1c1ccc(Cl)cc1. The van der Waals surface area contributed by atoms with E-state index in [-0.39, 0.29) is 54.0 Å². The van der Waals surface area contributed by atoms with E-state index in [0.717, 1.165) is 128 Å². The minimum absolute atomic E-state index is 0.00847. The molecule has 0 spiro atoms. The van der Waals surface area contributed by atoms with Crippen molar-refractivity contribution in [1.82, 2.24) is 0 Å². The van der Waals surface area contributed by atoms with Gasteiger partial charge in [0.25, 0.3) is 0 Å². The molecule has 4 heterocycles. The van der Waals surface area contributed by atoms with Gasteiger partial charge in [0, 0.05) is 85.7 Å². The maximum Gasteiger partial charge on any atom is 0.330 e. The highest BCUT2D eigenvalue weighted by Crippen LogP contribution is 2.60. The highest BCUT2D eigenvalue weighted by Gasteiger charge is 2.65. The fraction of sp³-hybridized carbons (Fsp3) is 0.232. The Hall–Kier alpha value is -10.2. The van der Waals surface area contributed by atoms with E-state index in [1.807, 2.05) is 221 Å². The summed E-state index contributed by atoms with van der Waals surface area (Å²) < 4.78 is 0. The third-order valence-electron chi connectivity index (χ3n) is 25.4. The van der Waals surface area contributed by atoms with Gasteiger partial charge in [0.05, 0.1) is 46.3 Å². The Morgan fingerprint density at radius 3 is 0.625 bits per heavy atom. The number of urea groups is 4. The fourth-order valence-corrected chi connectivity index (χ4v) is 21.6. The first-order valence-electron chi connectivity index (χ1n) is 40.6. The predicted molar refractivity (Wildman–Crippen MR) is 492 cm³/mol. The smallest absolute Gasteiger partial charge is 0.330 e. The number of nitrogens with zero attached hydrogens (tertiary/aromatic N) is 8. The van der Waals surface area contributed by atoms with Crippen LogP contribution in [0.1, 0.15) is 116 Å². The van der Waals surface area contributed by atoms with Crippen LogP contribution in [0.15, 0.2) is 291 Å². The van der Waals surface area contributed by atoms with E-state index in [2.05, 4.69) is 93.6 Å². The van der Waals surface area contributed by atoms with Crippen LogP contribution in [-0.2, 0) is 22.2 Å². The number of aromatic hydroxyl groups is 1. The number of rotatable bonds is 12. The molecule has 4 unspecified atom stereocenters. The van der Waals surface area contributed by atoms with Gasteiger partial charge in [-0.05, 0) is 326 Å². The summed E-state index contributed by atoms with van der Waals surface area (Å²) in [6.45, 7) is 6.30. The van der Waals surface area contributed by atoms with Crippen molar-refractivity contribution in [1.29, 1.82) is 0 Å². The monoisotopic (exact) mass is 1750 g/mol. The lowest BCUT2D eigenvalue weighted by atomic mass is 9.83. The van der Waals surface area contributed by atoms with Crippen molar-refractivity contribution in [3.63, 3.8) is 0 Å². The number of hydrogen-bond donors (Lipinski definition) is 1. The summed E-state index contributed by atoms with van der Waals surface area (Å²) in [5, 5.41) is 15.4. The largest absolute Gasteiger partial charge is 0.508 e. The van der Waals surface area contributed by atoms with Crippen molar-refractivity contribution < 1.29 is 24.3 Å². The van der Waals surface area contributed by atoms with Gasteiger partial charge in [0.1, 0.15) is 5.75 Å². The molecule has 608 valence electrons. The number of carbonyl (C=O) groups excluding carboxylic acids is 4. The van der Waals surface area contributed by atoms with Gasteiger partial charge < -0.3 is 5.11 Å². The van der Waals surface area contributed by atoms with Crippen molar-refractivity contribution in [2.75, 3.05) is 39.2 Å². The second-order valence-corrected chi connectivity index (χ2v) is 35.7. The average Bonchev–Trinajstić information content (AvgIpc) is 1.56. The molecular weight excluding hydrogens is 1660 g/mol. The molecule has 20 rings (SSSR count). The van der Waals surface area contributed by atoms with Crippen LogP contribution in [0, 0.1) is 20.8 Å². The normalized spacial score (nSPS) is 23.2. The van der Waals surface area contributed by atoms with Crippen LogP contribution < -0.4 is 39.2 Å². The van der Waals surface area contributed by atoms with Crippen molar-refractivity contribution in [2.45, 2.75) is 144 Å². The number of anilines is 8. The van der Waals surface area contributed by atoms with Gasteiger partial charge in [0.2, 0.25) is 0 Å². The van der Waals surface area contributed by atoms with E-state index < -0.39 is 22.2 Å². The standard InChI is InChI=1S/3C25H22Cl2N2O.C24H20Cl2N2O2/c3*1-17-4-2-5-18(16-17)25-15-3-6-23(25)28(21-11-7-19(26)8-12-21)24(30)29(25)22-13-9-20(27)10-14-22;25-17-6-10-19(11-7-17)27-22-5-2-14-24(22,16-3-1-4-21(29)15-16)28(23(27)30)20-12-8-18(26)9-13-20/h3*2,4-5,7-14,16,23H,3,6,15H2,1H3;1,3-4,6-13,15,22,29H,2,5,14H2/t2*23-,25-;;/m10../s1. The van der Waals surface area contributed by atoms with Crippen molar-refractivity contribution >= 4 is 162 Å². The first-order valence-corrected chi connectivity index (χ1v) is 43.6. The molecule has 12 aromatic carbocycles. The molecule has 8 atom stereocenters. The average molecular weight is 1750 g/mol. The van der Waals surface area contributed by atoms with Gasteiger partial charge >= 0.3 is 24.1 Å². The summed E-state index contributed by atoms with van der Waals surface area (Å²) in [5.41, 5.74) is 13.1. The third-order valence-corrected chi connectivity index (χ3v) is 27.5. The molecule has 0 bridgehead atoms. The number of aryl methyl sites for hydroxylation is 3. The van der Waals surface area contributed by atoms with E-state index in [1.165, 1.54) is 33.4 Å². The number of benzene rings is 12. The maximum absolute atomic E-state index is 13.9. The molecule has 21 heteroatoms. The number of halogens is 8. The molecule has 13 nitrogen and oxygen atoms in total. The molecule has 1 N–H and O–H groups in total. The molecule has 120 heavy (non-hydrogen) atoms. The molecule has 8 fully saturated rings. The molecular formula is C99H86Cl8N8O5. The first kappa shape index (κ1) is 82.2. The van der Waals surface area contributed by atoms with Crippen LogP contribution in [0.3, 0.4) is 0 Å². The van der Waals surface area contributed by atoms with Gasteiger partial charge in [-0.25, -0.2) is 19.2 Å². The van der Waals surface area contributed by atoms with Gasteiger partial charge in [-0.3, -0.25) is 39.2 Å². The lowest BCUT2D eigenvalue weighted by Gasteiger charge is -2.38. The van der Waals surface area contributed by atoms with Crippen molar-refractivity contribution in [3.05, 3.63) is 370 Å². The minimum Gasteiger partial charge on any atom is -0.508 e. The second kappa shape index (κ2) is 33.7. The fourth-order valence-electron chi connectivity index (χ4n) is 20.6. The maximum atomic E-state index is 13.9. The quantitative estimate of drug-likeness (QED) is 0.131. The van der Waals surface area contributed by atoms with E-state index in [0.29, 0.717) is 40.2 Å². The zero-order valence-electron chi connectivity index (χ0n) is 66.2. The van der Waals surface area contributed by atoms with Crippen molar-refractivity contribution in [3.8, 4) is 5.75 Å². The first-order chi connectivity index (χ1) is 58.0. The molecule has 0 radical (unpaired) electrons. The second-order valence-electron chi connectivity index (χ2n) is 32.3. The molecule has 0 aromatic heterocycles. The van der Waals surface area contributed by atoms with Crippen LogP contribution in [0.25, 0.3) is 0 Å². The minimum atomic E-state index is -0.580. The van der Waals surface area contributed by atoms with Crippen LogP contribution >= 0.6 is 92.8 Å². The molecule has 8 aliphatic rings. The topological polar surface area (TPSA) is 114 Å². The Morgan fingerprint density at radius 2 is 0.433 bits per heavy atom. The van der Waals surface area contributed by atoms with Crippen LogP contribution in [0.2, 0.25) is 40.2 Å². The Kier molecular flexibility index (Phi) is 23.1. The zero-order valence-corrected chi connectivity index (χ0v) is 72.2. The van der Waals surface area contributed by atoms with Gasteiger partial charge in [0.15, 0.2) is 0 Å². The number of carbonyl (C=O) groups is 4. The third kappa shape index (κ3) is 14.7. The van der Waals surface area contributed by atoms with Gasteiger partial charge in [-0.2, -0.15) is 0 Å². The highest BCUT2D eigenvalue weighted by atomic mass is 35.5. The number of phenolic OH excluding ortho intramolecular Hbond substituents is 1. The number of phenols is 1. The van der Waals surface area contributed by atoms with Crippen LogP contribution in [-0.4, -0.2) is 53.4 Å². The predicted octanol–water partition coefficient (Wildman–Crippen LogP) is 28.2. The summed E-state index contributed by atoms with van der Waals surface area (Å²) >= 11 is 49.0. The molecule has 4 aliphatic carbocycles. The van der Waals surface area contributed by atoms with E-state index in [4.69, 9.17) is 92.8 Å². The molecule has 8 amide bonds. The van der Waals surface area contributed by atoms with Crippen LogP contribution in [0.4, 0.5) is 64.7 Å². The summed E-state index contributed by atoms with van der Waals surface area (Å²) in [6, 6.07) is 93.1. The zero-order chi connectivity index (χ0) is 83.5. The summed E-state index contributed by atoms with van der Waals surface area (Å²) in [7, 11) is 0. The number of fused-ring (bicyclic) bond motifs is 4. The van der Waals surface area contributed by atoms with Gasteiger partial charge in [-0.1, -0.05) is 194 Å². The van der Waals surface area contributed by atoms with E-state index in [1.54, 1.807) is 36.4 Å².